The van der Waals surface area contributed by atoms with Gasteiger partial charge in [0.25, 0.3) is 17.6 Å². The lowest BCUT2D eigenvalue weighted by molar-refractivity contribution is -0.117. The van der Waals surface area contributed by atoms with E-state index in [1.54, 1.807) is 18.2 Å². The van der Waals surface area contributed by atoms with Gasteiger partial charge in [0.2, 0.25) is 11.7 Å². The fourth-order valence-corrected chi connectivity index (χ4v) is 2.46. The van der Waals surface area contributed by atoms with Crippen LogP contribution in [0.2, 0.25) is 0 Å². The van der Waals surface area contributed by atoms with Crippen LogP contribution in [0.4, 0.5) is 5.69 Å². The molecular formula is C17H17N7O3. The SMILES string of the molecule is Cc1cc(C)n2nc(C(=O)Nc3cccc(C(=O)NCC(N)=O)c3)nc2n1. The quantitative estimate of drug-likeness (QED) is 0.588. The molecule has 3 amide bonds. The summed E-state index contributed by atoms with van der Waals surface area (Å²) in [4.78, 5) is 43.5. The summed E-state index contributed by atoms with van der Waals surface area (Å²) in [7, 11) is 0. The Labute approximate surface area is 153 Å². The van der Waals surface area contributed by atoms with Crippen molar-refractivity contribution in [2.45, 2.75) is 13.8 Å². The van der Waals surface area contributed by atoms with Crippen LogP contribution in [0.5, 0.6) is 0 Å². The van der Waals surface area contributed by atoms with Crippen LogP contribution in [0.15, 0.2) is 30.3 Å². The van der Waals surface area contributed by atoms with Crippen LogP contribution in [0.3, 0.4) is 0 Å². The maximum absolute atomic E-state index is 12.4. The minimum atomic E-state index is -0.648. The Morgan fingerprint density at radius 2 is 1.89 bits per heavy atom. The van der Waals surface area contributed by atoms with E-state index in [1.165, 1.54) is 10.6 Å². The highest BCUT2D eigenvalue weighted by Gasteiger charge is 2.16. The summed E-state index contributed by atoms with van der Waals surface area (Å²) >= 11 is 0. The minimum Gasteiger partial charge on any atom is -0.368 e. The fraction of sp³-hybridized carbons (Fsp3) is 0.176. The summed E-state index contributed by atoms with van der Waals surface area (Å²) in [5, 5.41) is 9.17. The lowest BCUT2D eigenvalue weighted by Crippen LogP contribution is -2.33. The van der Waals surface area contributed by atoms with E-state index < -0.39 is 17.7 Å². The number of primary amides is 1. The van der Waals surface area contributed by atoms with Gasteiger partial charge in [-0.3, -0.25) is 14.4 Å². The Balaban J connectivity index is 1.78. The first-order valence-electron chi connectivity index (χ1n) is 8.02. The minimum absolute atomic E-state index is 0.0419. The van der Waals surface area contributed by atoms with Gasteiger partial charge in [0.05, 0.1) is 6.54 Å². The van der Waals surface area contributed by atoms with Crippen molar-refractivity contribution >= 4 is 29.2 Å². The number of rotatable bonds is 5. The number of aryl methyl sites for hydroxylation is 2. The zero-order valence-electron chi connectivity index (χ0n) is 14.7. The average Bonchev–Trinajstić information content (AvgIpc) is 3.04. The van der Waals surface area contributed by atoms with Crippen molar-refractivity contribution in [2.24, 2.45) is 5.73 Å². The molecule has 138 valence electrons. The number of aromatic nitrogens is 4. The van der Waals surface area contributed by atoms with Gasteiger partial charge < -0.3 is 16.4 Å². The van der Waals surface area contributed by atoms with Crippen LogP contribution in [-0.2, 0) is 4.79 Å². The Hall–Kier alpha value is -3.82. The standard InChI is InChI=1S/C17H17N7O3/c1-9-6-10(2)24-17(20-9)22-14(23-24)16(27)21-12-5-3-4-11(7-12)15(26)19-8-13(18)25/h3-7H,8H2,1-2H3,(H2,18,25)(H,19,26)(H,21,27). The van der Waals surface area contributed by atoms with Gasteiger partial charge in [-0.1, -0.05) is 6.07 Å². The Morgan fingerprint density at radius 1 is 1.11 bits per heavy atom. The normalized spacial score (nSPS) is 10.6. The van der Waals surface area contributed by atoms with Crippen molar-refractivity contribution < 1.29 is 14.4 Å². The zero-order chi connectivity index (χ0) is 19.6. The molecule has 3 aromatic rings. The number of nitrogens with two attached hydrogens (primary N) is 1. The number of anilines is 1. The molecule has 0 fully saturated rings. The maximum atomic E-state index is 12.4. The second kappa shape index (κ2) is 7.20. The number of nitrogens with zero attached hydrogens (tertiary/aromatic N) is 4. The molecular weight excluding hydrogens is 350 g/mol. The molecule has 0 bridgehead atoms. The molecule has 4 N–H and O–H groups in total. The highest BCUT2D eigenvalue weighted by atomic mass is 16.2. The molecule has 27 heavy (non-hydrogen) atoms. The van der Waals surface area contributed by atoms with Gasteiger partial charge in [-0.15, -0.1) is 5.10 Å². The van der Waals surface area contributed by atoms with Gasteiger partial charge in [0.1, 0.15) is 0 Å². The first-order chi connectivity index (χ1) is 12.8. The molecule has 0 saturated carbocycles. The number of nitrogens with one attached hydrogen (secondary N) is 2. The van der Waals surface area contributed by atoms with E-state index in [0.717, 1.165) is 11.4 Å². The largest absolute Gasteiger partial charge is 0.368 e. The molecule has 2 heterocycles. The number of fused-ring (bicyclic) bond motifs is 1. The third kappa shape index (κ3) is 4.06. The van der Waals surface area contributed by atoms with Crippen LogP contribution in [0.1, 0.15) is 32.4 Å². The molecule has 0 atom stereocenters. The first kappa shape index (κ1) is 18.0. The number of amides is 3. The highest BCUT2D eigenvalue weighted by Crippen LogP contribution is 2.12. The van der Waals surface area contributed by atoms with E-state index >= 15 is 0 Å². The molecule has 0 aliphatic rings. The van der Waals surface area contributed by atoms with Crippen LogP contribution in [0.25, 0.3) is 5.78 Å². The van der Waals surface area contributed by atoms with Gasteiger partial charge in [-0.25, -0.2) is 9.50 Å². The molecule has 0 unspecified atom stereocenters. The van der Waals surface area contributed by atoms with Gasteiger partial charge in [-0.2, -0.15) is 4.98 Å². The van der Waals surface area contributed by atoms with Gasteiger partial charge in [0.15, 0.2) is 0 Å². The molecule has 10 nitrogen and oxygen atoms in total. The van der Waals surface area contributed by atoms with E-state index in [9.17, 15) is 14.4 Å². The highest BCUT2D eigenvalue weighted by molar-refractivity contribution is 6.03. The van der Waals surface area contributed by atoms with Crippen molar-refractivity contribution in [3.63, 3.8) is 0 Å². The van der Waals surface area contributed by atoms with Gasteiger partial charge >= 0.3 is 0 Å². The second-order valence-electron chi connectivity index (χ2n) is 5.87. The molecule has 1 aromatic carbocycles. The van der Waals surface area contributed by atoms with E-state index in [0.29, 0.717) is 11.5 Å². The van der Waals surface area contributed by atoms with Crippen molar-refractivity contribution in [2.75, 3.05) is 11.9 Å². The Kier molecular flexibility index (Phi) is 4.79. The van der Waals surface area contributed by atoms with Gasteiger partial charge in [-0.05, 0) is 38.1 Å². The Bertz CT molecular complexity index is 1060. The van der Waals surface area contributed by atoms with Crippen molar-refractivity contribution in [3.05, 3.63) is 53.1 Å². The lowest BCUT2D eigenvalue weighted by atomic mass is 10.2. The summed E-state index contributed by atoms with van der Waals surface area (Å²) in [6, 6.07) is 8.06. The average molecular weight is 367 g/mol. The van der Waals surface area contributed by atoms with E-state index in [1.807, 2.05) is 19.9 Å². The maximum Gasteiger partial charge on any atom is 0.295 e. The zero-order valence-corrected chi connectivity index (χ0v) is 14.7. The van der Waals surface area contributed by atoms with Crippen LogP contribution < -0.4 is 16.4 Å². The molecule has 0 spiro atoms. The van der Waals surface area contributed by atoms with E-state index in [2.05, 4.69) is 25.7 Å². The Morgan fingerprint density at radius 3 is 2.63 bits per heavy atom. The van der Waals surface area contributed by atoms with E-state index in [-0.39, 0.29) is 17.9 Å². The van der Waals surface area contributed by atoms with Gasteiger partial charge in [0, 0.05) is 22.6 Å². The third-order valence-corrected chi connectivity index (χ3v) is 3.63. The predicted molar refractivity (Wildman–Crippen MR) is 96.2 cm³/mol. The third-order valence-electron chi connectivity index (χ3n) is 3.63. The van der Waals surface area contributed by atoms with Crippen LogP contribution >= 0.6 is 0 Å². The van der Waals surface area contributed by atoms with Crippen molar-refractivity contribution in [1.82, 2.24) is 24.9 Å². The molecule has 0 radical (unpaired) electrons. The summed E-state index contributed by atoms with van der Waals surface area (Å²) in [6.07, 6.45) is 0. The first-order valence-corrected chi connectivity index (χ1v) is 8.02. The number of carbonyl (C=O) groups excluding carboxylic acids is 3. The summed E-state index contributed by atoms with van der Waals surface area (Å²) < 4.78 is 1.48. The monoisotopic (exact) mass is 367 g/mol. The molecule has 0 aliphatic carbocycles. The molecule has 3 rings (SSSR count). The number of hydrogen-bond acceptors (Lipinski definition) is 6. The molecule has 0 aliphatic heterocycles. The molecule has 10 heteroatoms. The fourth-order valence-electron chi connectivity index (χ4n) is 2.46. The number of hydrogen-bond donors (Lipinski definition) is 3. The van der Waals surface area contributed by atoms with Crippen LogP contribution in [-0.4, -0.2) is 43.8 Å². The van der Waals surface area contributed by atoms with Crippen molar-refractivity contribution in [1.29, 1.82) is 0 Å². The second-order valence-corrected chi connectivity index (χ2v) is 5.87. The smallest absolute Gasteiger partial charge is 0.295 e. The number of benzene rings is 1. The number of carbonyl (C=O) groups is 3. The summed E-state index contributed by atoms with van der Waals surface area (Å²) in [5.41, 5.74) is 7.22. The van der Waals surface area contributed by atoms with Crippen molar-refractivity contribution in [3.8, 4) is 0 Å². The topological polar surface area (TPSA) is 144 Å². The summed E-state index contributed by atoms with van der Waals surface area (Å²) in [6.45, 7) is 3.40. The van der Waals surface area contributed by atoms with E-state index in [4.69, 9.17) is 5.73 Å². The van der Waals surface area contributed by atoms with Crippen LogP contribution in [0, 0.1) is 13.8 Å². The summed E-state index contributed by atoms with van der Waals surface area (Å²) in [5.74, 6) is -1.37. The molecule has 2 aromatic heterocycles. The molecule has 0 saturated heterocycles. The lowest BCUT2D eigenvalue weighted by Gasteiger charge is -2.06. The predicted octanol–water partition coefficient (Wildman–Crippen LogP) is 0.209.